The normalized spacial score (nSPS) is 11.9. The smallest absolute Gasteiger partial charge is 0.136 e. The van der Waals surface area contributed by atoms with Gasteiger partial charge in [-0.25, -0.2) is 0 Å². The first kappa shape index (κ1) is 13.9. The van der Waals surface area contributed by atoms with Crippen LogP contribution in [0.4, 0.5) is 0 Å². The van der Waals surface area contributed by atoms with Crippen LogP contribution in [0.2, 0.25) is 0 Å². The van der Waals surface area contributed by atoms with Gasteiger partial charge in [0.1, 0.15) is 11.8 Å². The third-order valence-corrected chi connectivity index (χ3v) is 3.80. The van der Waals surface area contributed by atoms with E-state index in [4.69, 9.17) is 15.7 Å². The van der Waals surface area contributed by atoms with E-state index in [1.54, 1.807) is 7.11 Å². The molecule has 4 heteroatoms. The first-order valence-electron chi connectivity index (χ1n) is 5.60. The number of nitrogens with zero attached hydrogens (tertiary/aromatic N) is 1. The summed E-state index contributed by atoms with van der Waals surface area (Å²) in [4.78, 5) is 0. The highest BCUT2D eigenvalue weighted by Gasteiger charge is 2.06. The number of rotatable bonds is 6. The largest absolute Gasteiger partial charge is 0.495 e. The van der Waals surface area contributed by atoms with Gasteiger partial charge in [-0.1, -0.05) is 13.0 Å². The van der Waals surface area contributed by atoms with Gasteiger partial charge in [0.2, 0.25) is 0 Å². The molecule has 0 amide bonds. The van der Waals surface area contributed by atoms with Crippen LogP contribution >= 0.6 is 11.8 Å². The molecule has 0 aliphatic heterocycles. The van der Waals surface area contributed by atoms with Gasteiger partial charge in [0.25, 0.3) is 0 Å². The quantitative estimate of drug-likeness (QED) is 0.843. The molecule has 0 aromatic heterocycles. The predicted molar refractivity (Wildman–Crippen MR) is 72.1 cm³/mol. The van der Waals surface area contributed by atoms with E-state index >= 15 is 0 Å². The summed E-state index contributed by atoms with van der Waals surface area (Å²) in [6.45, 7) is 2.90. The van der Waals surface area contributed by atoms with E-state index in [1.165, 1.54) is 0 Å². The molecule has 0 fully saturated rings. The Bertz CT molecular complexity index is 401. The van der Waals surface area contributed by atoms with Crippen molar-refractivity contribution in [2.75, 3.05) is 13.7 Å². The van der Waals surface area contributed by atoms with Crippen LogP contribution in [0.5, 0.6) is 5.75 Å². The molecule has 0 saturated carbocycles. The van der Waals surface area contributed by atoms with E-state index < -0.39 is 0 Å². The van der Waals surface area contributed by atoms with Crippen molar-refractivity contribution >= 4 is 11.8 Å². The van der Waals surface area contributed by atoms with Crippen molar-refractivity contribution in [1.82, 2.24) is 0 Å². The fraction of sp³-hybridized carbons (Fsp3) is 0.462. The minimum Gasteiger partial charge on any atom is -0.495 e. The summed E-state index contributed by atoms with van der Waals surface area (Å²) in [7, 11) is 1.58. The van der Waals surface area contributed by atoms with Crippen molar-refractivity contribution in [3.05, 3.63) is 29.3 Å². The lowest BCUT2D eigenvalue weighted by molar-refractivity contribution is 0.413. The zero-order valence-electron chi connectivity index (χ0n) is 10.3. The van der Waals surface area contributed by atoms with Crippen LogP contribution in [0.3, 0.4) is 0 Å². The van der Waals surface area contributed by atoms with Gasteiger partial charge < -0.3 is 10.5 Å². The molecule has 1 atom stereocenters. The minimum absolute atomic E-state index is 0.549. The number of ether oxygens (including phenoxy) is 1. The Kier molecular flexibility index (Phi) is 5.88. The topological polar surface area (TPSA) is 59.0 Å². The predicted octanol–water partition coefficient (Wildman–Crippen LogP) is 2.54. The zero-order chi connectivity index (χ0) is 12.7. The summed E-state index contributed by atoms with van der Waals surface area (Å²) in [5.41, 5.74) is 7.25. The van der Waals surface area contributed by atoms with Gasteiger partial charge >= 0.3 is 0 Å². The van der Waals surface area contributed by atoms with Crippen molar-refractivity contribution in [3.8, 4) is 11.8 Å². The summed E-state index contributed by atoms with van der Waals surface area (Å²) in [5, 5.41) is 9.53. The molecular weight excluding hydrogens is 232 g/mol. The first-order valence-corrected chi connectivity index (χ1v) is 6.64. The maximum atomic E-state index is 8.98. The Morgan fingerprint density at radius 3 is 2.88 bits per heavy atom. The molecule has 2 N–H and O–H groups in total. The molecule has 3 nitrogen and oxygen atoms in total. The molecule has 0 radical (unpaired) electrons. The van der Waals surface area contributed by atoms with E-state index in [9.17, 15) is 0 Å². The second kappa shape index (κ2) is 7.21. The van der Waals surface area contributed by atoms with Crippen molar-refractivity contribution in [3.63, 3.8) is 0 Å². The number of nitriles is 1. The van der Waals surface area contributed by atoms with Gasteiger partial charge in [-0.3, -0.25) is 0 Å². The Morgan fingerprint density at radius 1 is 1.53 bits per heavy atom. The molecular formula is C13H18N2OS. The van der Waals surface area contributed by atoms with E-state index in [0.717, 1.165) is 24.3 Å². The van der Waals surface area contributed by atoms with Crippen LogP contribution < -0.4 is 10.5 Å². The van der Waals surface area contributed by atoms with E-state index in [-0.39, 0.29) is 0 Å². The maximum Gasteiger partial charge on any atom is 0.136 e. The van der Waals surface area contributed by atoms with Crippen LogP contribution in [0.1, 0.15) is 24.5 Å². The molecule has 0 saturated heterocycles. The van der Waals surface area contributed by atoms with E-state index in [0.29, 0.717) is 16.6 Å². The molecule has 1 rings (SSSR count). The zero-order valence-corrected chi connectivity index (χ0v) is 11.1. The lowest BCUT2D eigenvalue weighted by Crippen LogP contribution is -2.07. The molecule has 92 valence electrons. The van der Waals surface area contributed by atoms with Gasteiger partial charge in [0, 0.05) is 11.0 Å². The summed E-state index contributed by atoms with van der Waals surface area (Å²) >= 11 is 1.86. The van der Waals surface area contributed by atoms with E-state index in [1.807, 2.05) is 30.0 Å². The van der Waals surface area contributed by atoms with Gasteiger partial charge in [-0.05, 0) is 30.7 Å². The first-order chi connectivity index (χ1) is 8.21. The monoisotopic (exact) mass is 250 g/mol. The molecule has 17 heavy (non-hydrogen) atoms. The number of nitrogens with two attached hydrogens (primary N) is 1. The van der Waals surface area contributed by atoms with Gasteiger partial charge in [0.05, 0.1) is 12.7 Å². The van der Waals surface area contributed by atoms with Crippen molar-refractivity contribution < 1.29 is 4.74 Å². The highest BCUT2D eigenvalue weighted by Crippen LogP contribution is 2.24. The lowest BCUT2D eigenvalue weighted by Gasteiger charge is -2.10. The highest BCUT2D eigenvalue weighted by molar-refractivity contribution is 7.99. The number of benzene rings is 1. The molecule has 1 unspecified atom stereocenters. The van der Waals surface area contributed by atoms with Crippen molar-refractivity contribution in [1.29, 1.82) is 5.26 Å². The van der Waals surface area contributed by atoms with Crippen LogP contribution in [0.15, 0.2) is 18.2 Å². The molecule has 0 heterocycles. The average molecular weight is 250 g/mol. The molecule has 1 aromatic carbocycles. The third-order valence-electron chi connectivity index (χ3n) is 2.49. The average Bonchev–Trinajstić information content (AvgIpc) is 2.36. The second-order valence-corrected chi connectivity index (χ2v) is 5.27. The number of methoxy groups -OCH3 is 1. The van der Waals surface area contributed by atoms with Crippen LogP contribution in [0, 0.1) is 11.3 Å². The standard InChI is InChI=1S/C13H18N2OS/c1-10(5-6-14)17-9-11-3-4-13(16-2)12(7-11)8-15/h3-4,7,10H,5-6,9,14H2,1-2H3. The highest BCUT2D eigenvalue weighted by atomic mass is 32.2. The van der Waals surface area contributed by atoms with Gasteiger partial charge in [-0.15, -0.1) is 0 Å². The Labute approximate surface area is 107 Å². The van der Waals surface area contributed by atoms with Crippen molar-refractivity contribution in [2.24, 2.45) is 5.73 Å². The Morgan fingerprint density at radius 2 is 2.29 bits per heavy atom. The van der Waals surface area contributed by atoms with Gasteiger partial charge in [0.15, 0.2) is 0 Å². The Hall–Kier alpha value is -1.18. The fourth-order valence-corrected chi connectivity index (χ4v) is 2.45. The summed E-state index contributed by atoms with van der Waals surface area (Å²) in [6, 6.07) is 7.89. The minimum atomic E-state index is 0.549. The van der Waals surface area contributed by atoms with Crippen LogP contribution in [0.25, 0.3) is 0 Å². The number of hydrogen-bond donors (Lipinski definition) is 1. The van der Waals surface area contributed by atoms with Crippen LogP contribution in [-0.4, -0.2) is 18.9 Å². The van der Waals surface area contributed by atoms with E-state index in [2.05, 4.69) is 13.0 Å². The molecule has 0 spiro atoms. The summed E-state index contributed by atoms with van der Waals surface area (Å²) in [6.07, 6.45) is 1.02. The van der Waals surface area contributed by atoms with Crippen LogP contribution in [-0.2, 0) is 5.75 Å². The molecule has 0 aliphatic rings. The number of hydrogen-bond acceptors (Lipinski definition) is 4. The second-order valence-electron chi connectivity index (χ2n) is 3.85. The van der Waals surface area contributed by atoms with Gasteiger partial charge in [-0.2, -0.15) is 17.0 Å². The molecule has 0 aliphatic carbocycles. The molecule has 0 bridgehead atoms. The summed E-state index contributed by atoms with van der Waals surface area (Å²) in [5.74, 6) is 1.54. The maximum absolute atomic E-state index is 8.98. The fourth-order valence-electron chi connectivity index (χ4n) is 1.49. The van der Waals surface area contributed by atoms with Crippen molar-refractivity contribution in [2.45, 2.75) is 24.3 Å². The SMILES string of the molecule is COc1ccc(CSC(C)CCN)cc1C#N. The number of thioether (sulfide) groups is 1. The molecule has 1 aromatic rings. The summed E-state index contributed by atoms with van der Waals surface area (Å²) < 4.78 is 5.11. The third kappa shape index (κ3) is 4.29. The Balaban J connectivity index is 2.64. The lowest BCUT2D eigenvalue weighted by atomic mass is 10.1.